The van der Waals surface area contributed by atoms with E-state index < -0.39 is 0 Å². The maximum atomic E-state index is 12.4. The molecule has 0 aliphatic heterocycles. The second kappa shape index (κ2) is 11.2. The van der Waals surface area contributed by atoms with E-state index in [0.717, 1.165) is 6.54 Å². The molecule has 170 valence electrons. The Bertz CT molecular complexity index is 1160. The standard InChI is InChI=1S/C23H23ClN6O3/c1-30(2)6-7-33-17-9-16(12-25)28-20(10-17)19-5-4-15(13-26-19)8-23(31)29-22-11-21(32-3)18(24)14-27-22/h4-5,9-11,13-14H,6-8H2,1-3H3,(H,27,29,31). The molecule has 0 aromatic carbocycles. The molecule has 33 heavy (non-hydrogen) atoms. The van der Waals surface area contributed by atoms with Crippen molar-refractivity contribution in [3.63, 3.8) is 0 Å². The van der Waals surface area contributed by atoms with Crippen LogP contribution in [-0.4, -0.2) is 60.1 Å². The Balaban J connectivity index is 1.68. The highest BCUT2D eigenvalue weighted by atomic mass is 35.5. The Morgan fingerprint density at radius 2 is 2.00 bits per heavy atom. The molecule has 3 aromatic heterocycles. The van der Waals surface area contributed by atoms with Crippen LogP contribution in [0.15, 0.2) is 42.7 Å². The number of rotatable bonds is 9. The number of nitriles is 1. The Hall–Kier alpha value is -3.74. The second-order valence-electron chi connectivity index (χ2n) is 7.32. The van der Waals surface area contributed by atoms with E-state index in [1.165, 1.54) is 13.3 Å². The number of halogens is 1. The van der Waals surface area contributed by atoms with E-state index >= 15 is 0 Å². The number of carbonyl (C=O) groups excluding carboxylic acids is 1. The van der Waals surface area contributed by atoms with Crippen LogP contribution in [0, 0.1) is 11.3 Å². The molecule has 3 aromatic rings. The van der Waals surface area contributed by atoms with Gasteiger partial charge in [-0.25, -0.2) is 9.97 Å². The minimum absolute atomic E-state index is 0.102. The van der Waals surface area contributed by atoms with Gasteiger partial charge in [0.2, 0.25) is 5.91 Å². The lowest BCUT2D eigenvalue weighted by molar-refractivity contribution is -0.115. The molecule has 3 heterocycles. The molecular formula is C23H23ClN6O3. The van der Waals surface area contributed by atoms with E-state index in [9.17, 15) is 10.1 Å². The van der Waals surface area contributed by atoms with Crippen molar-refractivity contribution in [2.45, 2.75) is 6.42 Å². The van der Waals surface area contributed by atoms with Crippen molar-refractivity contribution in [2.24, 2.45) is 0 Å². The van der Waals surface area contributed by atoms with Gasteiger partial charge in [-0.1, -0.05) is 17.7 Å². The van der Waals surface area contributed by atoms with E-state index in [-0.39, 0.29) is 18.0 Å². The number of nitrogens with zero attached hydrogens (tertiary/aromatic N) is 5. The van der Waals surface area contributed by atoms with E-state index in [4.69, 9.17) is 21.1 Å². The van der Waals surface area contributed by atoms with E-state index in [1.54, 1.807) is 36.5 Å². The number of methoxy groups -OCH3 is 1. The van der Waals surface area contributed by atoms with Gasteiger partial charge in [-0.3, -0.25) is 9.78 Å². The van der Waals surface area contributed by atoms with Crippen LogP contribution < -0.4 is 14.8 Å². The van der Waals surface area contributed by atoms with Crippen molar-refractivity contribution in [3.8, 4) is 29.0 Å². The monoisotopic (exact) mass is 466 g/mol. The van der Waals surface area contributed by atoms with Crippen LogP contribution in [0.5, 0.6) is 11.5 Å². The molecule has 0 aliphatic rings. The topological polar surface area (TPSA) is 113 Å². The van der Waals surface area contributed by atoms with Gasteiger partial charge in [0.1, 0.15) is 40.7 Å². The molecule has 0 atom stereocenters. The molecule has 0 saturated heterocycles. The zero-order valence-corrected chi connectivity index (χ0v) is 19.3. The molecule has 0 spiro atoms. The van der Waals surface area contributed by atoms with E-state index in [1.807, 2.05) is 25.1 Å². The summed E-state index contributed by atoms with van der Waals surface area (Å²) in [5.41, 5.74) is 2.03. The third kappa shape index (κ3) is 6.87. The first-order valence-electron chi connectivity index (χ1n) is 10.0. The summed E-state index contributed by atoms with van der Waals surface area (Å²) >= 11 is 5.95. The van der Waals surface area contributed by atoms with Gasteiger partial charge in [0, 0.05) is 30.9 Å². The maximum Gasteiger partial charge on any atom is 0.230 e. The Labute approximate surface area is 197 Å². The highest BCUT2D eigenvalue weighted by molar-refractivity contribution is 6.32. The number of ether oxygens (including phenoxy) is 2. The van der Waals surface area contributed by atoms with Gasteiger partial charge in [-0.2, -0.15) is 5.26 Å². The minimum Gasteiger partial charge on any atom is -0.495 e. The highest BCUT2D eigenvalue weighted by Crippen LogP contribution is 2.25. The second-order valence-corrected chi connectivity index (χ2v) is 7.72. The van der Waals surface area contributed by atoms with Crippen LogP contribution in [-0.2, 0) is 11.2 Å². The number of amides is 1. The number of carbonyl (C=O) groups is 1. The van der Waals surface area contributed by atoms with Gasteiger partial charge in [-0.05, 0) is 25.7 Å². The van der Waals surface area contributed by atoms with Crippen molar-refractivity contribution >= 4 is 23.3 Å². The van der Waals surface area contributed by atoms with Gasteiger partial charge < -0.3 is 19.7 Å². The van der Waals surface area contributed by atoms with E-state index in [2.05, 4.69) is 20.3 Å². The van der Waals surface area contributed by atoms with Gasteiger partial charge in [0.15, 0.2) is 0 Å². The third-order valence-electron chi connectivity index (χ3n) is 4.48. The molecule has 9 nitrogen and oxygen atoms in total. The van der Waals surface area contributed by atoms with E-state index in [0.29, 0.717) is 45.9 Å². The van der Waals surface area contributed by atoms with Crippen LogP contribution >= 0.6 is 11.6 Å². The first-order chi connectivity index (χ1) is 15.9. The molecule has 10 heteroatoms. The maximum absolute atomic E-state index is 12.4. The predicted molar refractivity (Wildman–Crippen MR) is 124 cm³/mol. The van der Waals surface area contributed by atoms with Gasteiger partial charge in [-0.15, -0.1) is 0 Å². The molecular weight excluding hydrogens is 444 g/mol. The molecule has 0 fully saturated rings. The van der Waals surface area contributed by atoms with Crippen molar-refractivity contribution in [3.05, 3.63) is 59.0 Å². The number of likely N-dealkylation sites (N-methyl/N-ethyl adjacent to an activating group) is 1. The number of aromatic nitrogens is 3. The SMILES string of the molecule is COc1cc(NC(=O)Cc2ccc(-c3cc(OCCN(C)C)cc(C#N)n3)nc2)ncc1Cl. The Morgan fingerprint density at radius 3 is 2.67 bits per heavy atom. The van der Waals surface area contributed by atoms with Gasteiger partial charge >= 0.3 is 0 Å². The number of anilines is 1. The van der Waals surface area contributed by atoms with Crippen LogP contribution in [0.1, 0.15) is 11.3 Å². The number of pyridine rings is 3. The summed E-state index contributed by atoms with van der Waals surface area (Å²) in [7, 11) is 5.40. The summed E-state index contributed by atoms with van der Waals surface area (Å²) in [4.78, 5) is 27.2. The van der Waals surface area contributed by atoms with Crippen LogP contribution in [0.3, 0.4) is 0 Å². The highest BCUT2D eigenvalue weighted by Gasteiger charge is 2.11. The molecule has 0 radical (unpaired) electrons. The summed E-state index contributed by atoms with van der Waals surface area (Å²) < 4.78 is 10.9. The molecule has 0 saturated carbocycles. The molecule has 1 N–H and O–H groups in total. The lowest BCUT2D eigenvalue weighted by atomic mass is 10.1. The molecule has 3 rings (SSSR count). The third-order valence-corrected chi connectivity index (χ3v) is 4.76. The molecule has 0 unspecified atom stereocenters. The average Bonchev–Trinajstić information content (AvgIpc) is 2.80. The Morgan fingerprint density at radius 1 is 1.18 bits per heavy atom. The smallest absolute Gasteiger partial charge is 0.230 e. The number of nitrogens with one attached hydrogen (secondary N) is 1. The minimum atomic E-state index is -0.261. The van der Waals surface area contributed by atoms with Crippen molar-refractivity contribution in [1.29, 1.82) is 5.26 Å². The summed E-state index contributed by atoms with van der Waals surface area (Å²) in [6, 6.07) is 10.5. The van der Waals surface area contributed by atoms with Crippen LogP contribution in [0.2, 0.25) is 5.02 Å². The fourth-order valence-corrected chi connectivity index (χ4v) is 3.00. The summed E-state index contributed by atoms with van der Waals surface area (Å²) in [5, 5.41) is 12.4. The largest absolute Gasteiger partial charge is 0.495 e. The first-order valence-corrected chi connectivity index (χ1v) is 10.4. The molecule has 1 amide bonds. The summed E-state index contributed by atoms with van der Waals surface area (Å²) in [5.74, 6) is 1.05. The van der Waals surface area contributed by atoms with Crippen LogP contribution in [0.25, 0.3) is 11.4 Å². The van der Waals surface area contributed by atoms with Gasteiger partial charge in [0.05, 0.1) is 31.1 Å². The fourth-order valence-electron chi connectivity index (χ4n) is 2.82. The van der Waals surface area contributed by atoms with Crippen LogP contribution in [0.4, 0.5) is 5.82 Å². The van der Waals surface area contributed by atoms with Crippen molar-refractivity contribution in [1.82, 2.24) is 19.9 Å². The predicted octanol–water partition coefficient (Wildman–Crippen LogP) is 3.19. The zero-order valence-electron chi connectivity index (χ0n) is 18.5. The lowest BCUT2D eigenvalue weighted by Crippen LogP contribution is -2.19. The molecule has 0 bridgehead atoms. The summed E-state index contributed by atoms with van der Waals surface area (Å²) in [6.45, 7) is 1.23. The van der Waals surface area contributed by atoms with Crippen molar-refractivity contribution < 1.29 is 14.3 Å². The van der Waals surface area contributed by atoms with Crippen molar-refractivity contribution in [2.75, 3.05) is 39.7 Å². The first kappa shape index (κ1) is 23.9. The summed E-state index contributed by atoms with van der Waals surface area (Å²) in [6.07, 6.45) is 3.11. The fraction of sp³-hybridized carbons (Fsp3) is 0.261. The number of hydrogen-bond donors (Lipinski definition) is 1. The average molecular weight is 467 g/mol. The quantitative estimate of drug-likeness (QED) is 0.511. The Kier molecular flexibility index (Phi) is 8.13. The normalized spacial score (nSPS) is 10.5. The lowest BCUT2D eigenvalue weighted by Gasteiger charge is -2.12. The molecule has 0 aliphatic carbocycles. The number of hydrogen-bond acceptors (Lipinski definition) is 8. The van der Waals surface area contributed by atoms with Gasteiger partial charge in [0.25, 0.3) is 0 Å². The zero-order chi connectivity index (χ0) is 23.8.